The van der Waals surface area contributed by atoms with Crippen LogP contribution in [0.4, 0.5) is 5.69 Å². The molecule has 1 aliphatic rings. The van der Waals surface area contributed by atoms with Gasteiger partial charge in [-0.1, -0.05) is 11.3 Å². The van der Waals surface area contributed by atoms with Gasteiger partial charge in [-0.15, -0.1) is 5.10 Å². The van der Waals surface area contributed by atoms with Gasteiger partial charge in [0.25, 0.3) is 11.6 Å². The molecule has 0 spiro atoms. The number of nitrogens with zero attached hydrogens (tertiary/aromatic N) is 5. The Balaban J connectivity index is 1.94. The molecule has 10 heteroatoms. The summed E-state index contributed by atoms with van der Waals surface area (Å²) in [6.45, 7) is 1.96. The van der Waals surface area contributed by atoms with Crippen molar-refractivity contribution in [2.45, 2.75) is 25.8 Å². The third-order valence-corrected chi connectivity index (χ3v) is 4.18. The second kappa shape index (κ2) is 6.30. The predicted molar refractivity (Wildman–Crippen MR) is 84.4 cm³/mol. The summed E-state index contributed by atoms with van der Waals surface area (Å²) in [5, 5.41) is 27.9. The molecule has 130 valence electrons. The molecule has 3 rings (SSSR count). The number of aromatic nitrogens is 3. The first-order valence-corrected chi connectivity index (χ1v) is 7.61. The van der Waals surface area contributed by atoms with Crippen LogP contribution in [0.3, 0.4) is 0 Å². The summed E-state index contributed by atoms with van der Waals surface area (Å²) in [5.74, 6) is -1.55. The second-order valence-corrected chi connectivity index (χ2v) is 5.71. The first-order valence-electron chi connectivity index (χ1n) is 7.61. The van der Waals surface area contributed by atoms with Crippen molar-refractivity contribution in [3.05, 3.63) is 45.8 Å². The molecule has 0 bridgehead atoms. The third-order valence-electron chi connectivity index (χ3n) is 4.18. The zero-order valence-corrected chi connectivity index (χ0v) is 13.3. The topological polar surface area (TPSA) is 131 Å². The molecule has 1 amide bonds. The molecule has 1 aromatic heterocycles. The van der Waals surface area contributed by atoms with Crippen molar-refractivity contribution in [2.75, 3.05) is 6.54 Å². The smallest absolute Gasteiger partial charge is 0.326 e. The maximum Gasteiger partial charge on any atom is 0.326 e. The average Bonchev–Trinajstić information content (AvgIpc) is 3.21. The molecule has 1 atom stereocenters. The molecule has 25 heavy (non-hydrogen) atoms. The van der Waals surface area contributed by atoms with Crippen molar-refractivity contribution in [1.82, 2.24) is 19.9 Å². The highest BCUT2D eigenvalue weighted by atomic mass is 16.6. The number of benzene rings is 1. The summed E-state index contributed by atoms with van der Waals surface area (Å²) in [4.78, 5) is 35.6. The van der Waals surface area contributed by atoms with Crippen LogP contribution in [0.1, 0.15) is 29.0 Å². The van der Waals surface area contributed by atoms with Gasteiger partial charge in [-0.25, -0.2) is 9.48 Å². The number of aliphatic carboxylic acids is 1. The van der Waals surface area contributed by atoms with E-state index in [1.807, 2.05) is 0 Å². The van der Waals surface area contributed by atoms with E-state index in [9.17, 15) is 24.8 Å². The van der Waals surface area contributed by atoms with Crippen molar-refractivity contribution in [3.8, 4) is 5.69 Å². The molecular formula is C15H15N5O5. The molecule has 1 saturated heterocycles. The molecule has 1 aliphatic heterocycles. The first-order chi connectivity index (χ1) is 11.9. The van der Waals surface area contributed by atoms with Gasteiger partial charge in [0, 0.05) is 18.7 Å². The maximum absolute atomic E-state index is 12.6. The van der Waals surface area contributed by atoms with Crippen LogP contribution >= 0.6 is 0 Å². The molecule has 1 N–H and O–H groups in total. The fourth-order valence-corrected chi connectivity index (χ4v) is 2.91. The highest BCUT2D eigenvalue weighted by Crippen LogP contribution is 2.23. The van der Waals surface area contributed by atoms with E-state index in [4.69, 9.17) is 0 Å². The number of non-ortho nitro benzene ring substituents is 1. The monoisotopic (exact) mass is 345 g/mol. The average molecular weight is 345 g/mol. The number of hydrogen-bond acceptors (Lipinski definition) is 6. The zero-order valence-electron chi connectivity index (χ0n) is 13.3. The molecule has 10 nitrogen and oxygen atoms in total. The number of rotatable bonds is 4. The number of amides is 1. The Labute approximate surface area is 141 Å². The number of likely N-dealkylation sites (tertiary alicyclic amines) is 1. The van der Waals surface area contributed by atoms with Gasteiger partial charge < -0.3 is 10.0 Å². The highest BCUT2D eigenvalue weighted by molar-refractivity contribution is 5.96. The molecule has 0 unspecified atom stereocenters. The molecule has 0 radical (unpaired) electrons. The Morgan fingerprint density at radius 1 is 1.40 bits per heavy atom. The van der Waals surface area contributed by atoms with Crippen molar-refractivity contribution < 1.29 is 19.6 Å². The summed E-state index contributed by atoms with van der Waals surface area (Å²) < 4.78 is 1.33. The van der Waals surface area contributed by atoms with Gasteiger partial charge in [-0.3, -0.25) is 14.9 Å². The Hall–Kier alpha value is -3.30. The summed E-state index contributed by atoms with van der Waals surface area (Å²) in [6, 6.07) is 4.93. The molecule has 0 aliphatic carbocycles. The van der Waals surface area contributed by atoms with Crippen LogP contribution in [0.2, 0.25) is 0 Å². The molecule has 1 aromatic carbocycles. The van der Waals surface area contributed by atoms with Gasteiger partial charge in [0.05, 0.1) is 16.3 Å². The fourth-order valence-electron chi connectivity index (χ4n) is 2.91. The summed E-state index contributed by atoms with van der Waals surface area (Å²) >= 11 is 0. The van der Waals surface area contributed by atoms with E-state index >= 15 is 0 Å². The minimum absolute atomic E-state index is 0.0413. The van der Waals surface area contributed by atoms with Gasteiger partial charge in [0.15, 0.2) is 5.69 Å². The number of carbonyl (C=O) groups is 2. The van der Waals surface area contributed by atoms with Crippen LogP contribution in [0.25, 0.3) is 5.69 Å². The SMILES string of the molecule is Cc1c(C(=O)N2CCC[C@@H]2C(=O)O)nnn1-c1cccc([N+](=O)[O-])c1. The van der Waals surface area contributed by atoms with E-state index in [1.165, 1.54) is 27.8 Å². The van der Waals surface area contributed by atoms with Gasteiger partial charge in [0.1, 0.15) is 6.04 Å². The number of hydrogen-bond donors (Lipinski definition) is 1. The predicted octanol–water partition coefficient (Wildman–Crippen LogP) is 1.17. The maximum atomic E-state index is 12.6. The largest absolute Gasteiger partial charge is 0.480 e. The van der Waals surface area contributed by atoms with Crippen LogP contribution < -0.4 is 0 Å². The molecular weight excluding hydrogens is 330 g/mol. The molecule has 2 aromatic rings. The van der Waals surface area contributed by atoms with Crippen molar-refractivity contribution in [3.63, 3.8) is 0 Å². The van der Waals surface area contributed by atoms with E-state index in [1.54, 1.807) is 13.0 Å². The van der Waals surface area contributed by atoms with Gasteiger partial charge >= 0.3 is 5.97 Å². The Bertz CT molecular complexity index is 862. The Morgan fingerprint density at radius 3 is 2.84 bits per heavy atom. The molecule has 1 fully saturated rings. The fraction of sp³-hybridized carbons (Fsp3) is 0.333. The van der Waals surface area contributed by atoms with Gasteiger partial charge in [0.2, 0.25) is 0 Å². The number of nitro groups is 1. The first kappa shape index (κ1) is 16.6. The third kappa shape index (κ3) is 2.93. The number of carbonyl (C=O) groups excluding carboxylic acids is 1. The van der Waals surface area contributed by atoms with E-state index < -0.39 is 22.8 Å². The summed E-state index contributed by atoms with van der Waals surface area (Å²) in [6.07, 6.45) is 1.01. The van der Waals surface area contributed by atoms with Gasteiger partial charge in [-0.05, 0) is 25.8 Å². The summed E-state index contributed by atoms with van der Waals surface area (Å²) in [5.41, 5.74) is 0.724. The van der Waals surface area contributed by atoms with E-state index in [0.717, 1.165) is 0 Å². The normalized spacial score (nSPS) is 16.8. The van der Waals surface area contributed by atoms with Crippen LogP contribution in [-0.4, -0.2) is 54.4 Å². The lowest BCUT2D eigenvalue weighted by Crippen LogP contribution is -2.40. The highest BCUT2D eigenvalue weighted by Gasteiger charge is 2.36. The van der Waals surface area contributed by atoms with E-state index in [2.05, 4.69) is 10.3 Å². The lowest BCUT2D eigenvalue weighted by atomic mass is 10.2. The Morgan fingerprint density at radius 2 is 2.16 bits per heavy atom. The molecule has 2 heterocycles. The van der Waals surface area contributed by atoms with Gasteiger partial charge in [-0.2, -0.15) is 0 Å². The van der Waals surface area contributed by atoms with Crippen molar-refractivity contribution in [1.29, 1.82) is 0 Å². The number of carboxylic acids is 1. The van der Waals surface area contributed by atoms with Crippen LogP contribution in [0, 0.1) is 17.0 Å². The lowest BCUT2D eigenvalue weighted by molar-refractivity contribution is -0.384. The van der Waals surface area contributed by atoms with E-state index in [0.29, 0.717) is 30.8 Å². The minimum Gasteiger partial charge on any atom is -0.480 e. The number of carboxylic acid groups (broad SMARTS) is 1. The number of nitro benzene ring substituents is 1. The lowest BCUT2D eigenvalue weighted by Gasteiger charge is -2.20. The zero-order chi connectivity index (χ0) is 18.1. The van der Waals surface area contributed by atoms with Crippen molar-refractivity contribution in [2.24, 2.45) is 0 Å². The van der Waals surface area contributed by atoms with Crippen LogP contribution in [0.15, 0.2) is 24.3 Å². The Kier molecular flexibility index (Phi) is 4.17. The summed E-state index contributed by atoms with van der Waals surface area (Å²) in [7, 11) is 0. The van der Waals surface area contributed by atoms with E-state index in [-0.39, 0.29) is 11.4 Å². The van der Waals surface area contributed by atoms with Crippen LogP contribution in [0.5, 0.6) is 0 Å². The molecule has 0 saturated carbocycles. The van der Waals surface area contributed by atoms with Crippen molar-refractivity contribution >= 4 is 17.6 Å². The second-order valence-electron chi connectivity index (χ2n) is 5.71. The quantitative estimate of drug-likeness (QED) is 0.650. The minimum atomic E-state index is -1.05. The standard InChI is InChI=1S/C15H15N5O5/c1-9-13(14(21)18-7-3-6-12(18)15(22)23)16-17-19(9)10-4-2-5-11(8-10)20(24)25/h2,4-5,8,12H,3,6-7H2,1H3,(H,22,23)/t12-/m1/s1. The van der Waals surface area contributed by atoms with Crippen LogP contribution in [-0.2, 0) is 4.79 Å².